The first kappa shape index (κ1) is 13.8. The molecule has 2 N–H and O–H groups in total. The molecule has 2 aromatic rings. The first-order valence-electron chi connectivity index (χ1n) is 6.14. The molecule has 1 heterocycles. The number of nitrogens with two attached hydrogens (primary N) is 1. The Morgan fingerprint density at radius 3 is 3.00 bits per heavy atom. The highest BCUT2D eigenvalue weighted by atomic mass is 35.5. The van der Waals surface area contributed by atoms with Crippen molar-refractivity contribution in [3.8, 4) is 5.75 Å². The van der Waals surface area contributed by atoms with Gasteiger partial charge in [-0.15, -0.1) is 5.10 Å². The van der Waals surface area contributed by atoms with Crippen LogP contribution in [-0.2, 0) is 13.0 Å². The number of benzene rings is 1. The molecule has 0 saturated heterocycles. The van der Waals surface area contributed by atoms with Crippen LogP contribution in [0.15, 0.2) is 24.4 Å². The standard InChI is InChI=1S/C13H17ClN4O/c1-19-13-5-4-11(14)7-10(13)8-18-9-12(16-17-18)3-2-6-15/h4-5,7,9H,2-3,6,8,15H2,1H3. The Kier molecular flexibility index (Phi) is 4.76. The van der Waals surface area contributed by atoms with E-state index in [4.69, 9.17) is 22.1 Å². The third-order valence-electron chi connectivity index (χ3n) is 2.80. The fraction of sp³-hybridized carbons (Fsp3) is 0.385. The lowest BCUT2D eigenvalue weighted by atomic mass is 10.2. The lowest BCUT2D eigenvalue weighted by Gasteiger charge is -2.08. The quantitative estimate of drug-likeness (QED) is 0.877. The van der Waals surface area contributed by atoms with Crippen molar-refractivity contribution in [2.24, 2.45) is 5.73 Å². The Bertz CT molecular complexity index is 541. The van der Waals surface area contributed by atoms with Crippen molar-refractivity contribution in [2.45, 2.75) is 19.4 Å². The Hall–Kier alpha value is -1.59. The molecule has 5 nitrogen and oxygen atoms in total. The molecule has 0 amide bonds. The van der Waals surface area contributed by atoms with Gasteiger partial charge in [0, 0.05) is 16.8 Å². The topological polar surface area (TPSA) is 66.0 Å². The zero-order valence-corrected chi connectivity index (χ0v) is 11.6. The summed E-state index contributed by atoms with van der Waals surface area (Å²) in [5, 5.41) is 8.89. The number of ether oxygens (including phenoxy) is 1. The molecule has 0 aliphatic heterocycles. The van der Waals surface area contributed by atoms with E-state index in [-0.39, 0.29) is 0 Å². The molecule has 102 valence electrons. The summed E-state index contributed by atoms with van der Waals surface area (Å²) >= 11 is 6.00. The Balaban J connectivity index is 2.12. The van der Waals surface area contributed by atoms with E-state index in [0.29, 0.717) is 18.1 Å². The molecular formula is C13H17ClN4O. The smallest absolute Gasteiger partial charge is 0.124 e. The molecule has 0 atom stereocenters. The lowest BCUT2D eigenvalue weighted by molar-refractivity contribution is 0.407. The van der Waals surface area contributed by atoms with Crippen LogP contribution < -0.4 is 10.5 Å². The van der Waals surface area contributed by atoms with E-state index < -0.39 is 0 Å². The summed E-state index contributed by atoms with van der Waals surface area (Å²) < 4.78 is 7.09. The molecule has 0 unspecified atom stereocenters. The molecule has 6 heteroatoms. The van der Waals surface area contributed by atoms with E-state index >= 15 is 0 Å². The average Bonchev–Trinajstić information content (AvgIpc) is 2.84. The van der Waals surface area contributed by atoms with Gasteiger partial charge in [0.05, 0.1) is 19.3 Å². The van der Waals surface area contributed by atoms with Gasteiger partial charge in [0.25, 0.3) is 0 Å². The van der Waals surface area contributed by atoms with Gasteiger partial charge in [0.1, 0.15) is 5.75 Å². The van der Waals surface area contributed by atoms with Crippen molar-refractivity contribution in [3.05, 3.63) is 40.7 Å². The maximum atomic E-state index is 6.00. The fourth-order valence-corrected chi connectivity index (χ4v) is 2.05. The zero-order chi connectivity index (χ0) is 13.7. The van der Waals surface area contributed by atoms with Gasteiger partial charge in [-0.3, -0.25) is 0 Å². The predicted molar refractivity (Wildman–Crippen MR) is 74.5 cm³/mol. The third kappa shape index (κ3) is 3.68. The second-order valence-electron chi connectivity index (χ2n) is 4.26. The minimum atomic E-state index is 0.583. The number of hydrogen-bond donors (Lipinski definition) is 1. The van der Waals surface area contributed by atoms with Gasteiger partial charge < -0.3 is 10.5 Å². The van der Waals surface area contributed by atoms with Gasteiger partial charge in [-0.2, -0.15) is 0 Å². The van der Waals surface area contributed by atoms with E-state index in [1.807, 2.05) is 18.3 Å². The Labute approximate surface area is 117 Å². The first-order chi connectivity index (χ1) is 9.22. The van der Waals surface area contributed by atoms with E-state index in [0.717, 1.165) is 29.8 Å². The largest absolute Gasteiger partial charge is 0.496 e. The molecule has 2 rings (SSSR count). The maximum Gasteiger partial charge on any atom is 0.124 e. The summed E-state index contributed by atoms with van der Waals surface area (Å²) in [6.45, 7) is 1.24. The van der Waals surface area contributed by atoms with Crippen LogP contribution >= 0.6 is 11.6 Å². The Morgan fingerprint density at radius 2 is 2.26 bits per heavy atom. The molecule has 0 fully saturated rings. The highest BCUT2D eigenvalue weighted by Gasteiger charge is 2.07. The average molecular weight is 281 g/mol. The van der Waals surface area contributed by atoms with Crippen LogP contribution in [0.3, 0.4) is 0 Å². The number of rotatable bonds is 6. The number of hydrogen-bond acceptors (Lipinski definition) is 4. The molecule has 19 heavy (non-hydrogen) atoms. The third-order valence-corrected chi connectivity index (χ3v) is 3.03. The van der Waals surface area contributed by atoms with Crippen LogP contribution in [0.5, 0.6) is 5.75 Å². The molecule has 0 saturated carbocycles. The van der Waals surface area contributed by atoms with E-state index in [1.54, 1.807) is 17.9 Å². The van der Waals surface area contributed by atoms with Crippen LogP contribution in [0.2, 0.25) is 5.02 Å². The van der Waals surface area contributed by atoms with Crippen LogP contribution in [0.1, 0.15) is 17.7 Å². The van der Waals surface area contributed by atoms with E-state index in [2.05, 4.69) is 10.3 Å². The summed E-state index contributed by atoms with van der Waals surface area (Å²) in [6.07, 6.45) is 3.69. The summed E-state index contributed by atoms with van der Waals surface area (Å²) in [5.41, 5.74) is 7.40. The van der Waals surface area contributed by atoms with Crippen molar-refractivity contribution >= 4 is 11.6 Å². The van der Waals surface area contributed by atoms with Crippen molar-refractivity contribution < 1.29 is 4.74 Å². The summed E-state index contributed by atoms with van der Waals surface area (Å²) in [6, 6.07) is 5.53. The van der Waals surface area contributed by atoms with Crippen LogP contribution in [-0.4, -0.2) is 28.6 Å². The molecule has 1 aromatic carbocycles. The van der Waals surface area contributed by atoms with Crippen LogP contribution in [0.25, 0.3) is 0 Å². The van der Waals surface area contributed by atoms with Crippen molar-refractivity contribution in [2.75, 3.05) is 13.7 Å². The minimum absolute atomic E-state index is 0.583. The summed E-state index contributed by atoms with van der Waals surface area (Å²) in [5.74, 6) is 0.795. The number of halogens is 1. The normalized spacial score (nSPS) is 10.7. The molecule has 1 aromatic heterocycles. The van der Waals surface area contributed by atoms with E-state index in [1.165, 1.54) is 0 Å². The minimum Gasteiger partial charge on any atom is -0.496 e. The highest BCUT2D eigenvalue weighted by molar-refractivity contribution is 6.30. The second kappa shape index (κ2) is 6.54. The van der Waals surface area contributed by atoms with Gasteiger partial charge in [0.2, 0.25) is 0 Å². The predicted octanol–water partition coefficient (Wildman–Crippen LogP) is 1.88. The second-order valence-corrected chi connectivity index (χ2v) is 4.69. The number of aryl methyl sites for hydroxylation is 1. The molecule has 0 radical (unpaired) electrons. The zero-order valence-electron chi connectivity index (χ0n) is 10.8. The molecule has 0 bridgehead atoms. The number of nitrogens with zero attached hydrogens (tertiary/aromatic N) is 3. The number of methoxy groups -OCH3 is 1. The van der Waals surface area contributed by atoms with Crippen LogP contribution in [0, 0.1) is 0 Å². The van der Waals surface area contributed by atoms with Gasteiger partial charge in [-0.05, 0) is 37.6 Å². The monoisotopic (exact) mass is 280 g/mol. The van der Waals surface area contributed by atoms with Crippen molar-refractivity contribution in [1.82, 2.24) is 15.0 Å². The Morgan fingerprint density at radius 1 is 1.42 bits per heavy atom. The van der Waals surface area contributed by atoms with Gasteiger partial charge in [0.15, 0.2) is 0 Å². The highest BCUT2D eigenvalue weighted by Crippen LogP contribution is 2.23. The molecule has 0 spiro atoms. The molecule has 0 aliphatic carbocycles. The van der Waals surface area contributed by atoms with Gasteiger partial charge in [-0.1, -0.05) is 16.8 Å². The lowest BCUT2D eigenvalue weighted by Crippen LogP contribution is -2.02. The van der Waals surface area contributed by atoms with Crippen molar-refractivity contribution in [1.29, 1.82) is 0 Å². The first-order valence-corrected chi connectivity index (χ1v) is 6.52. The maximum absolute atomic E-state index is 6.00. The SMILES string of the molecule is COc1ccc(Cl)cc1Cn1cc(CCCN)nn1. The molecular weight excluding hydrogens is 264 g/mol. The van der Waals surface area contributed by atoms with Crippen LogP contribution in [0.4, 0.5) is 0 Å². The van der Waals surface area contributed by atoms with Crippen molar-refractivity contribution in [3.63, 3.8) is 0 Å². The van der Waals surface area contributed by atoms with Gasteiger partial charge in [-0.25, -0.2) is 4.68 Å². The summed E-state index contributed by atoms with van der Waals surface area (Å²) in [4.78, 5) is 0. The summed E-state index contributed by atoms with van der Waals surface area (Å²) in [7, 11) is 1.64. The fourth-order valence-electron chi connectivity index (χ4n) is 1.86. The number of aromatic nitrogens is 3. The van der Waals surface area contributed by atoms with Gasteiger partial charge >= 0.3 is 0 Å². The van der Waals surface area contributed by atoms with E-state index in [9.17, 15) is 0 Å². The molecule has 0 aliphatic rings.